The Balaban J connectivity index is 1.56. The molecule has 1 unspecified atom stereocenters. The van der Waals surface area contributed by atoms with Crippen molar-refractivity contribution in [3.8, 4) is 11.8 Å². The maximum atomic E-state index is 10.8. The van der Waals surface area contributed by atoms with Gasteiger partial charge >= 0.3 is 0 Å². The molecule has 3 atom stereocenters. The zero-order chi connectivity index (χ0) is 20.3. The second-order valence-electron chi connectivity index (χ2n) is 8.17. The van der Waals surface area contributed by atoms with Gasteiger partial charge in [0.15, 0.2) is 11.5 Å². The van der Waals surface area contributed by atoms with Crippen molar-refractivity contribution in [2.24, 2.45) is 5.92 Å². The van der Waals surface area contributed by atoms with Crippen LogP contribution in [0, 0.1) is 17.8 Å². The van der Waals surface area contributed by atoms with Gasteiger partial charge in [0.2, 0.25) is 5.82 Å². The molecule has 1 aliphatic carbocycles. The normalized spacial score (nSPS) is 22.7. The highest BCUT2D eigenvalue weighted by molar-refractivity contribution is 5.82. The number of aromatic nitrogens is 4. The quantitative estimate of drug-likeness (QED) is 0.590. The van der Waals surface area contributed by atoms with Gasteiger partial charge in [-0.25, -0.2) is 9.97 Å². The van der Waals surface area contributed by atoms with Gasteiger partial charge < -0.3 is 15.4 Å². The zero-order valence-electron chi connectivity index (χ0n) is 16.9. The van der Waals surface area contributed by atoms with Crippen molar-refractivity contribution in [3.05, 3.63) is 48.0 Å². The molecule has 0 bridgehead atoms. The highest BCUT2D eigenvalue weighted by atomic mass is 16.3. The van der Waals surface area contributed by atoms with Gasteiger partial charge in [0, 0.05) is 6.54 Å². The van der Waals surface area contributed by atoms with Gasteiger partial charge in [0.25, 0.3) is 0 Å². The zero-order valence-corrected chi connectivity index (χ0v) is 16.9. The topological polar surface area (TPSA) is 86.7 Å². The largest absolute Gasteiger partial charge is 0.378 e. The number of imidazole rings is 1. The Labute approximate surface area is 171 Å². The Morgan fingerprint density at radius 1 is 1.31 bits per heavy atom. The van der Waals surface area contributed by atoms with Gasteiger partial charge in [0.1, 0.15) is 11.1 Å². The number of rotatable bonds is 4. The average molecular weight is 390 g/mol. The van der Waals surface area contributed by atoms with Crippen molar-refractivity contribution in [3.63, 3.8) is 0 Å². The van der Waals surface area contributed by atoms with E-state index in [1.807, 2.05) is 18.2 Å². The van der Waals surface area contributed by atoms with E-state index in [2.05, 4.69) is 63.1 Å². The number of nitrogens with one attached hydrogen (secondary N) is 2. The molecule has 0 amide bonds. The second kappa shape index (κ2) is 8.22. The van der Waals surface area contributed by atoms with Gasteiger partial charge in [-0.15, -0.1) is 0 Å². The number of H-pyrrole nitrogens is 1. The van der Waals surface area contributed by atoms with Gasteiger partial charge in [0.05, 0.1) is 6.33 Å². The van der Waals surface area contributed by atoms with Crippen molar-refractivity contribution >= 4 is 17.0 Å². The molecule has 3 aromatic rings. The van der Waals surface area contributed by atoms with E-state index in [1.165, 1.54) is 5.56 Å². The first-order valence-corrected chi connectivity index (χ1v) is 10.3. The standard InChI is InChI=1S/C23H27N5O/c1-16-7-6-11-23(29,13-16)12-10-19-27-21(20-22(28-19)26-15-25-20)24-14-17(2)18-8-4-3-5-9-18/h3-5,8-9,15-17,29H,6-7,11,13-14H2,1-2H3,(H2,24,25,26,27,28)/t16-,17?,23-/m1/s1. The summed E-state index contributed by atoms with van der Waals surface area (Å²) < 4.78 is 0. The first-order valence-electron chi connectivity index (χ1n) is 10.3. The molecule has 6 heteroatoms. The maximum absolute atomic E-state index is 10.8. The summed E-state index contributed by atoms with van der Waals surface area (Å²) in [5, 5.41) is 14.2. The predicted molar refractivity (Wildman–Crippen MR) is 114 cm³/mol. The van der Waals surface area contributed by atoms with Gasteiger partial charge in [-0.05, 0) is 42.6 Å². The Kier molecular flexibility index (Phi) is 5.50. The molecular weight excluding hydrogens is 362 g/mol. The van der Waals surface area contributed by atoms with E-state index in [4.69, 9.17) is 0 Å². The van der Waals surface area contributed by atoms with Crippen LogP contribution in [-0.2, 0) is 0 Å². The fourth-order valence-corrected chi connectivity index (χ4v) is 3.98. The molecule has 3 N–H and O–H groups in total. The Morgan fingerprint density at radius 2 is 2.14 bits per heavy atom. The third-order valence-corrected chi connectivity index (χ3v) is 5.61. The molecule has 150 valence electrons. The molecule has 0 radical (unpaired) electrons. The molecule has 29 heavy (non-hydrogen) atoms. The highest BCUT2D eigenvalue weighted by Crippen LogP contribution is 2.31. The summed E-state index contributed by atoms with van der Waals surface area (Å²) >= 11 is 0. The fraction of sp³-hybridized carbons (Fsp3) is 0.435. The molecule has 1 fully saturated rings. The van der Waals surface area contributed by atoms with E-state index in [1.54, 1.807) is 6.33 Å². The fourth-order valence-electron chi connectivity index (χ4n) is 3.98. The van der Waals surface area contributed by atoms with Crippen molar-refractivity contribution in [2.45, 2.75) is 51.0 Å². The van der Waals surface area contributed by atoms with Crippen LogP contribution in [0.3, 0.4) is 0 Å². The number of benzene rings is 1. The van der Waals surface area contributed by atoms with Crippen molar-refractivity contribution < 1.29 is 5.11 Å². The van der Waals surface area contributed by atoms with Crippen molar-refractivity contribution in [1.29, 1.82) is 0 Å². The van der Waals surface area contributed by atoms with E-state index in [0.717, 1.165) is 24.9 Å². The Bertz CT molecular complexity index is 1040. The molecule has 0 spiro atoms. The lowest BCUT2D eigenvalue weighted by Gasteiger charge is -2.30. The minimum absolute atomic E-state index is 0.322. The van der Waals surface area contributed by atoms with E-state index in [-0.39, 0.29) is 0 Å². The summed E-state index contributed by atoms with van der Waals surface area (Å²) in [5.41, 5.74) is 1.66. The summed E-state index contributed by atoms with van der Waals surface area (Å²) in [4.78, 5) is 16.4. The lowest BCUT2D eigenvalue weighted by Crippen LogP contribution is -2.32. The third kappa shape index (κ3) is 4.57. The molecule has 1 aliphatic rings. The third-order valence-electron chi connectivity index (χ3n) is 5.61. The Morgan fingerprint density at radius 3 is 2.93 bits per heavy atom. The molecular formula is C23H27N5O. The lowest BCUT2D eigenvalue weighted by molar-refractivity contribution is 0.0410. The maximum Gasteiger partial charge on any atom is 0.209 e. The average Bonchev–Trinajstić information content (AvgIpc) is 3.19. The van der Waals surface area contributed by atoms with Crippen molar-refractivity contribution in [2.75, 3.05) is 11.9 Å². The lowest BCUT2D eigenvalue weighted by atomic mass is 9.79. The summed E-state index contributed by atoms with van der Waals surface area (Å²) in [5.74, 6) is 7.90. The second-order valence-corrected chi connectivity index (χ2v) is 8.17. The smallest absolute Gasteiger partial charge is 0.209 e. The molecule has 0 saturated heterocycles. The summed E-state index contributed by atoms with van der Waals surface area (Å²) in [6, 6.07) is 10.4. The molecule has 2 aromatic heterocycles. The first-order chi connectivity index (χ1) is 14.0. The molecule has 0 aliphatic heterocycles. The Hall–Kier alpha value is -2.91. The molecule has 6 nitrogen and oxygen atoms in total. The van der Waals surface area contributed by atoms with Gasteiger partial charge in [-0.3, -0.25) is 0 Å². The van der Waals surface area contributed by atoms with Crippen LogP contribution in [0.1, 0.15) is 56.8 Å². The number of nitrogens with zero attached hydrogens (tertiary/aromatic N) is 3. The minimum Gasteiger partial charge on any atom is -0.378 e. The summed E-state index contributed by atoms with van der Waals surface area (Å²) in [6.07, 6.45) is 5.15. The van der Waals surface area contributed by atoms with Crippen LogP contribution in [0.4, 0.5) is 5.82 Å². The molecule has 1 aromatic carbocycles. The number of fused-ring (bicyclic) bond motifs is 1. The summed E-state index contributed by atoms with van der Waals surface area (Å²) in [7, 11) is 0. The predicted octanol–water partition coefficient (Wildman–Crippen LogP) is 3.86. The van der Waals surface area contributed by atoms with E-state index in [9.17, 15) is 5.11 Å². The number of hydrogen-bond donors (Lipinski definition) is 3. The van der Waals surface area contributed by atoms with Crippen LogP contribution in [0.5, 0.6) is 0 Å². The van der Waals surface area contributed by atoms with E-state index >= 15 is 0 Å². The molecule has 4 rings (SSSR count). The van der Waals surface area contributed by atoms with Crippen LogP contribution in [-0.4, -0.2) is 37.2 Å². The monoisotopic (exact) mass is 389 g/mol. The van der Waals surface area contributed by atoms with Crippen LogP contribution in [0.15, 0.2) is 36.7 Å². The van der Waals surface area contributed by atoms with Gasteiger partial charge in [-0.2, -0.15) is 4.98 Å². The summed E-state index contributed by atoms with van der Waals surface area (Å²) in [6.45, 7) is 5.06. The van der Waals surface area contributed by atoms with E-state index < -0.39 is 5.60 Å². The molecule has 2 heterocycles. The number of aliphatic hydroxyl groups is 1. The van der Waals surface area contributed by atoms with Gasteiger partial charge in [-0.1, -0.05) is 56.5 Å². The van der Waals surface area contributed by atoms with E-state index in [0.29, 0.717) is 42.0 Å². The SMILES string of the molecule is CC(CNc1nc(C#C[C@]2(O)CCC[C@@H](C)C2)nc2nc[nH]c12)c1ccccc1. The number of hydrogen-bond acceptors (Lipinski definition) is 5. The number of aromatic amines is 1. The first kappa shape index (κ1) is 19.4. The van der Waals surface area contributed by atoms with Crippen LogP contribution >= 0.6 is 0 Å². The highest BCUT2D eigenvalue weighted by Gasteiger charge is 2.30. The van der Waals surface area contributed by atoms with Crippen LogP contribution < -0.4 is 5.32 Å². The number of anilines is 1. The molecule has 1 saturated carbocycles. The van der Waals surface area contributed by atoms with Crippen LogP contribution in [0.25, 0.3) is 11.2 Å². The van der Waals surface area contributed by atoms with Crippen LogP contribution in [0.2, 0.25) is 0 Å². The van der Waals surface area contributed by atoms with Crippen molar-refractivity contribution in [1.82, 2.24) is 19.9 Å². The minimum atomic E-state index is -0.947.